The molecule has 0 aliphatic heterocycles. The fraction of sp³-hybridized carbons (Fsp3) is 0.133. The number of nitrogens with one attached hydrogen (secondary N) is 1. The smallest absolute Gasteiger partial charge is 0.282 e. The van der Waals surface area contributed by atoms with Crippen LogP contribution in [0.5, 0.6) is 0 Å². The molecule has 0 bridgehead atoms. The summed E-state index contributed by atoms with van der Waals surface area (Å²) in [4.78, 5) is 24.7. The van der Waals surface area contributed by atoms with Gasteiger partial charge in [-0.1, -0.05) is 0 Å². The zero-order valence-corrected chi connectivity index (χ0v) is 13.7. The first kappa shape index (κ1) is 16.4. The summed E-state index contributed by atoms with van der Waals surface area (Å²) in [6, 6.07) is 11.8. The first-order valence-corrected chi connectivity index (χ1v) is 8.78. The van der Waals surface area contributed by atoms with Gasteiger partial charge in [-0.3, -0.25) is 14.9 Å². The Morgan fingerprint density at radius 3 is 2.18 bits per heavy atom. The quantitative estimate of drug-likeness (QED) is 0.501. The molecule has 0 aromatic heterocycles. The van der Waals surface area contributed by atoms with Crippen LogP contribution in [-0.2, 0) is 0 Å². The summed E-state index contributed by atoms with van der Waals surface area (Å²) in [6.45, 7) is 0. The number of carbonyl (C=O) groups is 1. The topological polar surface area (TPSA) is 72.2 Å². The van der Waals surface area contributed by atoms with Crippen molar-refractivity contribution in [1.82, 2.24) is 0 Å². The van der Waals surface area contributed by atoms with Crippen LogP contribution >= 0.6 is 23.5 Å². The maximum atomic E-state index is 12.3. The highest BCUT2D eigenvalue weighted by Crippen LogP contribution is 2.26. The molecule has 22 heavy (non-hydrogen) atoms. The molecule has 114 valence electrons. The minimum absolute atomic E-state index is 0.0609. The summed E-state index contributed by atoms with van der Waals surface area (Å²) in [6.07, 6.45) is 3.81. The van der Waals surface area contributed by atoms with E-state index in [4.69, 9.17) is 0 Å². The van der Waals surface area contributed by atoms with Gasteiger partial charge in [0.1, 0.15) is 5.56 Å². The Hall–Kier alpha value is -1.99. The molecule has 0 saturated heterocycles. The number of nitrogens with zero attached hydrogens (tertiary/aromatic N) is 1. The Kier molecular flexibility index (Phi) is 5.46. The van der Waals surface area contributed by atoms with Crippen molar-refractivity contribution in [2.45, 2.75) is 9.79 Å². The van der Waals surface area contributed by atoms with Crippen LogP contribution in [0.2, 0.25) is 0 Å². The zero-order chi connectivity index (χ0) is 16.1. The summed E-state index contributed by atoms with van der Waals surface area (Å²) < 4.78 is 0. The molecule has 0 aliphatic carbocycles. The van der Waals surface area contributed by atoms with Crippen molar-refractivity contribution >= 4 is 40.8 Å². The molecule has 5 nitrogen and oxygen atoms in total. The number of thioether (sulfide) groups is 2. The van der Waals surface area contributed by atoms with Gasteiger partial charge in [0.2, 0.25) is 0 Å². The molecule has 2 rings (SSSR count). The third-order valence-electron chi connectivity index (χ3n) is 2.99. The second kappa shape index (κ2) is 7.33. The van der Waals surface area contributed by atoms with E-state index in [-0.39, 0.29) is 11.3 Å². The van der Waals surface area contributed by atoms with Crippen LogP contribution in [-0.4, -0.2) is 23.3 Å². The van der Waals surface area contributed by atoms with E-state index in [2.05, 4.69) is 5.32 Å². The van der Waals surface area contributed by atoms with Gasteiger partial charge in [0, 0.05) is 21.5 Å². The van der Waals surface area contributed by atoms with Crippen LogP contribution < -0.4 is 5.32 Å². The molecule has 2 aromatic carbocycles. The largest absolute Gasteiger partial charge is 0.322 e. The molecule has 7 heteroatoms. The SMILES string of the molecule is CSc1ccc(NC(=O)c2cc(SC)ccc2[N+](=O)[O-])cc1. The van der Waals surface area contributed by atoms with Crippen molar-refractivity contribution in [3.63, 3.8) is 0 Å². The molecule has 0 radical (unpaired) electrons. The molecule has 0 atom stereocenters. The van der Waals surface area contributed by atoms with E-state index in [9.17, 15) is 14.9 Å². The fourth-order valence-corrected chi connectivity index (χ4v) is 2.70. The normalized spacial score (nSPS) is 10.3. The third-order valence-corrected chi connectivity index (χ3v) is 4.46. The maximum absolute atomic E-state index is 12.3. The standard InChI is InChI=1S/C15H14N2O3S2/c1-21-11-5-3-10(4-6-11)16-15(18)13-9-12(22-2)7-8-14(13)17(19)20/h3-9H,1-2H3,(H,16,18). The lowest BCUT2D eigenvalue weighted by Crippen LogP contribution is -2.14. The van der Waals surface area contributed by atoms with Crippen molar-refractivity contribution in [3.05, 3.63) is 58.1 Å². The van der Waals surface area contributed by atoms with Crippen LogP contribution in [0.4, 0.5) is 11.4 Å². The van der Waals surface area contributed by atoms with Crippen LogP contribution in [0.15, 0.2) is 52.3 Å². The first-order chi connectivity index (χ1) is 10.5. The summed E-state index contributed by atoms with van der Waals surface area (Å²) in [5.74, 6) is -0.487. The lowest BCUT2D eigenvalue weighted by Gasteiger charge is -2.07. The van der Waals surface area contributed by atoms with Crippen molar-refractivity contribution in [2.24, 2.45) is 0 Å². The van der Waals surface area contributed by atoms with Crippen molar-refractivity contribution < 1.29 is 9.72 Å². The molecular formula is C15H14N2O3S2. The van der Waals surface area contributed by atoms with Crippen molar-refractivity contribution in [1.29, 1.82) is 0 Å². The predicted octanol–water partition coefficient (Wildman–Crippen LogP) is 4.29. The number of nitro groups is 1. The van der Waals surface area contributed by atoms with Crippen LogP contribution in [0, 0.1) is 10.1 Å². The fourth-order valence-electron chi connectivity index (χ4n) is 1.86. The molecule has 0 aliphatic rings. The Balaban J connectivity index is 2.29. The lowest BCUT2D eigenvalue weighted by atomic mass is 10.1. The molecular weight excluding hydrogens is 320 g/mol. The summed E-state index contributed by atoms with van der Waals surface area (Å²) in [5, 5.41) is 13.8. The van der Waals surface area contributed by atoms with Gasteiger partial charge in [0.05, 0.1) is 4.92 Å². The van der Waals surface area contributed by atoms with Crippen LogP contribution in [0.25, 0.3) is 0 Å². The average molecular weight is 334 g/mol. The zero-order valence-electron chi connectivity index (χ0n) is 12.0. The van der Waals surface area contributed by atoms with Crippen molar-refractivity contribution in [2.75, 3.05) is 17.8 Å². The molecule has 2 aromatic rings. The molecule has 1 N–H and O–H groups in total. The van der Waals surface area contributed by atoms with Gasteiger partial charge in [-0.25, -0.2) is 0 Å². The van der Waals surface area contributed by atoms with Gasteiger partial charge in [-0.2, -0.15) is 0 Å². The first-order valence-electron chi connectivity index (χ1n) is 6.33. The Morgan fingerprint density at radius 2 is 1.64 bits per heavy atom. The van der Waals surface area contributed by atoms with Gasteiger partial charge < -0.3 is 5.32 Å². The second-order valence-corrected chi connectivity index (χ2v) is 6.08. The van der Waals surface area contributed by atoms with E-state index in [0.29, 0.717) is 5.69 Å². The molecule has 0 heterocycles. The number of anilines is 1. The van der Waals surface area contributed by atoms with E-state index >= 15 is 0 Å². The van der Waals surface area contributed by atoms with E-state index in [1.54, 1.807) is 30.0 Å². The molecule has 0 unspecified atom stereocenters. The molecule has 1 amide bonds. The van der Waals surface area contributed by atoms with E-state index < -0.39 is 10.8 Å². The van der Waals surface area contributed by atoms with Gasteiger partial charge in [-0.05, 0) is 48.9 Å². The Labute approximate surface area is 136 Å². The van der Waals surface area contributed by atoms with Crippen LogP contribution in [0.1, 0.15) is 10.4 Å². The van der Waals surface area contributed by atoms with Gasteiger partial charge in [0.25, 0.3) is 11.6 Å². The number of hydrogen-bond acceptors (Lipinski definition) is 5. The maximum Gasteiger partial charge on any atom is 0.282 e. The average Bonchev–Trinajstić information content (AvgIpc) is 2.54. The minimum Gasteiger partial charge on any atom is -0.322 e. The number of amides is 1. The highest BCUT2D eigenvalue weighted by atomic mass is 32.2. The van der Waals surface area contributed by atoms with E-state index in [0.717, 1.165) is 9.79 Å². The van der Waals surface area contributed by atoms with E-state index in [1.807, 2.05) is 24.6 Å². The third kappa shape index (κ3) is 3.80. The number of carbonyl (C=O) groups excluding carboxylic acids is 1. The number of rotatable bonds is 5. The number of hydrogen-bond donors (Lipinski definition) is 1. The predicted molar refractivity (Wildman–Crippen MR) is 91.1 cm³/mol. The van der Waals surface area contributed by atoms with Gasteiger partial charge in [-0.15, -0.1) is 23.5 Å². The summed E-state index contributed by atoms with van der Waals surface area (Å²) in [7, 11) is 0. The monoisotopic (exact) mass is 334 g/mol. The number of nitro benzene ring substituents is 1. The Bertz CT molecular complexity index is 702. The summed E-state index contributed by atoms with van der Waals surface area (Å²) >= 11 is 3.03. The second-order valence-electron chi connectivity index (χ2n) is 4.32. The molecule has 0 fully saturated rings. The van der Waals surface area contributed by atoms with Crippen LogP contribution in [0.3, 0.4) is 0 Å². The lowest BCUT2D eigenvalue weighted by molar-refractivity contribution is -0.385. The highest BCUT2D eigenvalue weighted by Gasteiger charge is 2.20. The van der Waals surface area contributed by atoms with Gasteiger partial charge in [0.15, 0.2) is 0 Å². The molecule has 0 spiro atoms. The number of benzene rings is 2. The summed E-state index contributed by atoms with van der Waals surface area (Å²) in [5.41, 5.74) is 0.466. The molecule has 0 saturated carbocycles. The van der Waals surface area contributed by atoms with Crippen molar-refractivity contribution in [3.8, 4) is 0 Å². The van der Waals surface area contributed by atoms with Gasteiger partial charge >= 0.3 is 0 Å². The Morgan fingerprint density at radius 1 is 1.05 bits per heavy atom. The minimum atomic E-state index is -0.546. The highest BCUT2D eigenvalue weighted by molar-refractivity contribution is 7.98. The van der Waals surface area contributed by atoms with E-state index in [1.165, 1.54) is 23.9 Å².